The second-order valence-electron chi connectivity index (χ2n) is 4.93. The van der Waals surface area contributed by atoms with Crippen LogP contribution in [-0.4, -0.2) is 31.2 Å². The maximum absolute atomic E-state index is 12.4. The van der Waals surface area contributed by atoms with Gasteiger partial charge < -0.3 is 14.8 Å². The third kappa shape index (κ3) is 4.76. The van der Waals surface area contributed by atoms with Gasteiger partial charge >= 0.3 is 5.97 Å². The Balaban J connectivity index is 2.26. The summed E-state index contributed by atoms with van der Waals surface area (Å²) < 4.78 is 10.2. The van der Waals surface area contributed by atoms with E-state index >= 15 is 0 Å². The Morgan fingerprint density at radius 2 is 2.00 bits per heavy atom. The summed E-state index contributed by atoms with van der Waals surface area (Å²) in [4.78, 5) is 22.8. The molecule has 0 aliphatic carbocycles. The Kier molecular flexibility index (Phi) is 6.03. The van der Waals surface area contributed by atoms with Crippen molar-refractivity contribution in [1.82, 2.24) is 0 Å². The van der Waals surface area contributed by atoms with Crippen LogP contribution in [0.3, 0.4) is 0 Å². The van der Waals surface area contributed by atoms with Crippen LogP contribution in [0.1, 0.15) is 15.9 Å². The van der Waals surface area contributed by atoms with Gasteiger partial charge in [-0.15, -0.1) is 0 Å². The molecular formula is C17H15N3O5. The fourth-order valence-electron chi connectivity index (χ4n) is 2.02. The van der Waals surface area contributed by atoms with Gasteiger partial charge in [0.2, 0.25) is 0 Å². The lowest BCUT2D eigenvalue weighted by molar-refractivity contribution is -0.384. The topological polar surface area (TPSA) is 114 Å². The van der Waals surface area contributed by atoms with E-state index in [1.165, 1.54) is 43.5 Å². The van der Waals surface area contributed by atoms with E-state index in [-0.39, 0.29) is 17.0 Å². The van der Waals surface area contributed by atoms with Crippen molar-refractivity contribution in [2.24, 2.45) is 0 Å². The first-order valence-electron chi connectivity index (χ1n) is 7.28. The minimum atomic E-state index is -0.742. The number of methoxy groups -OCH3 is 1. The number of benzene rings is 2. The Bertz CT molecular complexity index is 812. The van der Waals surface area contributed by atoms with Crippen LogP contribution in [0.15, 0.2) is 42.5 Å². The maximum Gasteiger partial charge on any atom is 0.345 e. The van der Waals surface area contributed by atoms with Crippen molar-refractivity contribution >= 4 is 17.3 Å². The third-order valence-electron chi connectivity index (χ3n) is 3.25. The van der Waals surface area contributed by atoms with E-state index in [2.05, 4.69) is 5.32 Å². The molecule has 0 heterocycles. The van der Waals surface area contributed by atoms with Gasteiger partial charge in [0, 0.05) is 31.5 Å². The lowest BCUT2D eigenvalue weighted by Crippen LogP contribution is -2.15. The van der Waals surface area contributed by atoms with E-state index in [1.54, 1.807) is 0 Å². The Labute approximate surface area is 143 Å². The van der Waals surface area contributed by atoms with Gasteiger partial charge in [-0.2, -0.15) is 5.26 Å². The van der Waals surface area contributed by atoms with E-state index in [0.717, 1.165) is 6.07 Å². The molecule has 0 saturated carbocycles. The molecule has 0 aromatic heterocycles. The molecule has 0 fully saturated rings. The van der Waals surface area contributed by atoms with E-state index in [4.69, 9.17) is 14.7 Å². The summed E-state index contributed by atoms with van der Waals surface area (Å²) in [6, 6.07) is 11.8. The molecule has 8 heteroatoms. The van der Waals surface area contributed by atoms with Gasteiger partial charge in [-0.1, -0.05) is 0 Å². The number of rotatable bonds is 7. The summed E-state index contributed by atoms with van der Waals surface area (Å²) in [5.74, 6) is -0.508. The lowest BCUT2D eigenvalue weighted by Gasteiger charge is -2.11. The monoisotopic (exact) mass is 341 g/mol. The highest BCUT2D eigenvalue weighted by Gasteiger charge is 2.18. The molecular weight excluding hydrogens is 326 g/mol. The molecule has 128 valence electrons. The van der Waals surface area contributed by atoms with Gasteiger partial charge in [-0.25, -0.2) is 4.79 Å². The van der Waals surface area contributed by atoms with Crippen LogP contribution < -0.4 is 10.1 Å². The number of non-ortho nitro benzene ring substituents is 1. The first-order chi connectivity index (χ1) is 12.0. The van der Waals surface area contributed by atoms with Gasteiger partial charge in [0.15, 0.2) is 0 Å². The summed E-state index contributed by atoms with van der Waals surface area (Å²) in [5, 5.41) is 22.7. The van der Waals surface area contributed by atoms with Crippen LogP contribution in [0.5, 0.6) is 5.75 Å². The molecule has 2 aromatic carbocycles. The van der Waals surface area contributed by atoms with Crippen LogP contribution in [0.2, 0.25) is 0 Å². The zero-order chi connectivity index (χ0) is 18.2. The predicted molar refractivity (Wildman–Crippen MR) is 89.6 cm³/mol. The van der Waals surface area contributed by atoms with E-state index in [0.29, 0.717) is 24.4 Å². The summed E-state index contributed by atoms with van der Waals surface area (Å²) in [5.41, 5.74) is 0.650. The molecule has 1 N–H and O–H groups in total. The van der Waals surface area contributed by atoms with Crippen LogP contribution in [0, 0.1) is 21.4 Å². The molecule has 0 unspecified atom stereocenters. The molecule has 0 saturated heterocycles. The highest BCUT2D eigenvalue weighted by molar-refractivity contribution is 5.97. The smallest absolute Gasteiger partial charge is 0.345 e. The van der Waals surface area contributed by atoms with Crippen molar-refractivity contribution in [2.75, 3.05) is 25.6 Å². The SMILES string of the molecule is COCCNc1ccc([N+](=O)[O-])cc1C(=O)Oc1ccc(C#N)cc1. The van der Waals surface area contributed by atoms with Crippen molar-refractivity contribution in [3.63, 3.8) is 0 Å². The number of carbonyl (C=O) groups is 1. The number of nitro groups is 1. The summed E-state index contributed by atoms with van der Waals surface area (Å²) >= 11 is 0. The number of ether oxygens (including phenoxy) is 2. The number of nitriles is 1. The van der Waals surface area contributed by atoms with Gasteiger partial charge in [-0.3, -0.25) is 10.1 Å². The second kappa shape index (κ2) is 8.42. The molecule has 2 aromatic rings. The van der Waals surface area contributed by atoms with E-state index < -0.39 is 10.9 Å². The molecule has 0 amide bonds. The van der Waals surface area contributed by atoms with Crippen LogP contribution >= 0.6 is 0 Å². The number of nitro benzene ring substituents is 1. The van der Waals surface area contributed by atoms with Crippen molar-refractivity contribution in [2.45, 2.75) is 0 Å². The first kappa shape index (κ1) is 17.9. The fraction of sp³-hybridized carbons (Fsp3) is 0.176. The van der Waals surface area contributed by atoms with E-state index in [1.807, 2.05) is 6.07 Å². The Hall–Kier alpha value is -3.44. The number of nitrogens with zero attached hydrogens (tertiary/aromatic N) is 2. The minimum absolute atomic E-state index is 0.0367. The molecule has 0 atom stereocenters. The van der Waals surface area contributed by atoms with E-state index in [9.17, 15) is 14.9 Å². The third-order valence-corrected chi connectivity index (χ3v) is 3.25. The minimum Gasteiger partial charge on any atom is -0.423 e. The van der Waals surface area contributed by atoms with Gasteiger partial charge in [0.25, 0.3) is 5.69 Å². The van der Waals surface area contributed by atoms with Gasteiger partial charge in [0.05, 0.1) is 28.7 Å². The highest BCUT2D eigenvalue weighted by atomic mass is 16.6. The number of carbonyl (C=O) groups excluding carboxylic acids is 1. The largest absolute Gasteiger partial charge is 0.423 e. The normalized spacial score (nSPS) is 9.92. The zero-order valence-corrected chi connectivity index (χ0v) is 13.4. The number of hydrogen-bond donors (Lipinski definition) is 1. The molecule has 8 nitrogen and oxygen atoms in total. The van der Waals surface area contributed by atoms with Crippen molar-refractivity contribution in [1.29, 1.82) is 5.26 Å². The van der Waals surface area contributed by atoms with Gasteiger partial charge in [-0.05, 0) is 30.3 Å². The highest BCUT2D eigenvalue weighted by Crippen LogP contribution is 2.24. The van der Waals surface area contributed by atoms with Crippen molar-refractivity contribution < 1.29 is 19.2 Å². The molecule has 0 radical (unpaired) electrons. The summed E-state index contributed by atoms with van der Waals surface area (Å²) in [6.45, 7) is 0.826. The average molecular weight is 341 g/mol. The summed E-state index contributed by atoms with van der Waals surface area (Å²) in [7, 11) is 1.54. The molecule has 0 bridgehead atoms. The molecule has 0 aliphatic rings. The predicted octanol–water partition coefficient (Wildman–Crippen LogP) is 2.74. The average Bonchev–Trinajstić information content (AvgIpc) is 2.62. The Morgan fingerprint density at radius 1 is 1.28 bits per heavy atom. The summed E-state index contributed by atoms with van der Waals surface area (Å²) in [6.07, 6.45) is 0. The number of hydrogen-bond acceptors (Lipinski definition) is 7. The van der Waals surface area contributed by atoms with Crippen LogP contribution in [0.4, 0.5) is 11.4 Å². The molecule has 25 heavy (non-hydrogen) atoms. The standard InChI is InChI=1S/C17H15N3O5/c1-24-9-8-19-16-7-4-13(20(22)23)10-15(16)17(21)25-14-5-2-12(11-18)3-6-14/h2-7,10,19H,8-9H2,1H3. The Morgan fingerprint density at radius 3 is 2.60 bits per heavy atom. The van der Waals surface area contributed by atoms with Crippen molar-refractivity contribution in [3.05, 3.63) is 63.7 Å². The molecule has 0 spiro atoms. The number of esters is 1. The quantitative estimate of drug-likeness (QED) is 0.271. The second-order valence-corrected chi connectivity index (χ2v) is 4.93. The van der Waals surface area contributed by atoms with Crippen LogP contribution in [0.25, 0.3) is 0 Å². The van der Waals surface area contributed by atoms with Crippen molar-refractivity contribution in [3.8, 4) is 11.8 Å². The fourth-order valence-corrected chi connectivity index (χ4v) is 2.02. The molecule has 0 aliphatic heterocycles. The zero-order valence-electron chi connectivity index (χ0n) is 13.4. The lowest BCUT2D eigenvalue weighted by atomic mass is 10.1. The first-order valence-corrected chi connectivity index (χ1v) is 7.28. The number of anilines is 1. The van der Waals surface area contributed by atoms with Crippen LogP contribution in [-0.2, 0) is 4.74 Å². The maximum atomic E-state index is 12.4. The molecule has 2 rings (SSSR count). The number of nitrogens with one attached hydrogen (secondary N) is 1. The van der Waals surface area contributed by atoms with Gasteiger partial charge in [0.1, 0.15) is 5.75 Å².